The Morgan fingerprint density at radius 3 is 2.93 bits per heavy atom. The Balaban J connectivity index is 1.63. The third-order valence-electron chi connectivity index (χ3n) is 5.11. The van der Waals surface area contributed by atoms with Crippen LogP contribution in [0.25, 0.3) is 0 Å². The normalized spacial score (nSPS) is 23.0. The molecular formula is C20H23ClN6. The van der Waals surface area contributed by atoms with Gasteiger partial charge in [-0.15, -0.1) is 5.11 Å². The number of amidine groups is 1. The molecule has 2 heterocycles. The van der Waals surface area contributed by atoms with Crippen molar-refractivity contribution in [2.24, 2.45) is 21.1 Å². The van der Waals surface area contributed by atoms with Crippen molar-refractivity contribution in [3.63, 3.8) is 0 Å². The van der Waals surface area contributed by atoms with E-state index >= 15 is 0 Å². The van der Waals surface area contributed by atoms with Gasteiger partial charge in [-0.25, -0.2) is 10.0 Å². The Morgan fingerprint density at radius 2 is 2.04 bits per heavy atom. The molecule has 1 atom stereocenters. The molecule has 1 saturated heterocycles. The van der Waals surface area contributed by atoms with Crippen molar-refractivity contribution in [2.75, 3.05) is 18.4 Å². The van der Waals surface area contributed by atoms with Gasteiger partial charge in [0.1, 0.15) is 5.54 Å². The second-order valence-corrected chi connectivity index (χ2v) is 7.52. The number of azo groups is 1. The van der Waals surface area contributed by atoms with Crippen LogP contribution in [0.3, 0.4) is 0 Å². The number of para-hydroxylation sites is 2. The van der Waals surface area contributed by atoms with Crippen molar-refractivity contribution in [1.82, 2.24) is 5.01 Å². The van der Waals surface area contributed by atoms with E-state index < -0.39 is 0 Å². The molecule has 2 aromatic rings. The predicted molar refractivity (Wildman–Crippen MR) is 110 cm³/mol. The van der Waals surface area contributed by atoms with E-state index in [2.05, 4.69) is 21.6 Å². The first-order chi connectivity index (χ1) is 13.1. The van der Waals surface area contributed by atoms with Crippen LogP contribution in [0.5, 0.6) is 0 Å². The zero-order valence-electron chi connectivity index (χ0n) is 15.1. The summed E-state index contributed by atoms with van der Waals surface area (Å²) in [5, 5.41) is 15.3. The fourth-order valence-electron chi connectivity index (χ4n) is 3.65. The lowest BCUT2D eigenvalue weighted by Gasteiger charge is -2.37. The Labute approximate surface area is 164 Å². The lowest BCUT2D eigenvalue weighted by Crippen LogP contribution is -2.48. The molecule has 2 aromatic carbocycles. The van der Waals surface area contributed by atoms with Crippen LogP contribution in [-0.4, -0.2) is 29.5 Å². The highest BCUT2D eigenvalue weighted by Crippen LogP contribution is 2.38. The maximum atomic E-state index is 6.05. The summed E-state index contributed by atoms with van der Waals surface area (Å²) in [6, 6.07) is 15.7. The van der Waals surface area contributed by atoms with E-state index in [1.54, 1.807) is 0 Å². The third kappa shape index (κ3) is 4.03. The van der Waals surface area contributed by atoms with Crippen LogP contribution >= 0.6 is 11.6 Å². The van der Waals surface area contributed by atoms with Gasteiger partial charge < -0.3 is 5.32 Å². The minimum Gasteiger partial charge on any atom is -0.371 e. The van der Waals surface area contributed by atoms with Gasteiger partial charge in [0.2, 0.25) is 0 Å². The molecule has 6 nitrogen and oxygen atoms in total. The molecule has 27 heavy (non-hydrogen) atoms. The first-order valence-electron chi connectivity index (χ1n) is 9.23. The number of rotatable bonds is 2. The van der Waals surface area contributed by atoms with Crippen LogP contribution in [0.1, 0.15) is 24.8 Å². The molecular weight excluding hydrogens is 360 g/mol. The van der Waals surface area contributed by atoms with Crippen LogP contribution in [0, 0.1) is 0 Å². The fraction of sp³-hybridized carbons (Fsp3) is 0.350. The van der Waals surface area contributed by atoms with Crippen molar-refractivity contribution in [1.29, 1.82) is 0 Å². The van der Waals surface area contributed by atoms with Gasteiger partial charge in [0.05, 0.1) is 17.9 Å². The number of hydrogen-bond donors (Lipinski definition) is 2. The van der Waals surface area contributed by atoms with Crippen LogP contribution in [0.15, 0.2) is 63.8 Å². The summed E-state index contributed by atoms with van der Waals surface area (Å²) in [6.07, 6.45) is 2.74. The topological polar surface area (TPSA) is 78.4 Å². The van der Waals surface area contributed by atoms with Gasteiger partial charge in [-0.1, -0.05) is 35.9 Å². The standard InChI is InChI=1S/C20H23ClN6/c21-16-6-3-5-15(13-16)14-23-26-19-20(9-4-11-27(22)12-10-20)25-18-8-2-1-7-17(18)24-19/h1-3,5-8,13,25H,4,9-12,14,22H2. The molecule has 2 aliphatic rings. The number of nitrogens with one attached hydrogen (secondary N) is 1. The SMILES string of the molecule is NN1CCCC2(CC1)Nc1ccccc1N=C2N=NCc1cccc(Cl)c1. The van der Waals surface area contributed by atoms with Gasteiger partial charge in [-0.05, 0) is 49.1 Å². The molecule has 0 amide bonds. The fourth-order valence-corrected chi connectivity index (χ4v) is 3.87. The number of halogens is 1. The van der Waals surface area contributed by atoms with E-state index in [-0.39, 0.29) is 5.54 Å². The van der Waals surface area contributed by atoms with Gasteiger partial charge in [0.15, 0.2) is 5.84 Å². The molecule has 3 N–H and O–H groups in total. The third-order valence-corrected chi connectivity index (χ3v) is 5.35. The smallest absolute Gasteiger partial charge is 0.176 e. The molecule has 0 radical (unpaired) electrons. The van der Waals surface area contributed by atoms with Gasteiger partial charge in [0.25, 0.3) is 0 Å². The molecule has 1 fully saturated rings. The first kappa shape index (κ1) is 18.1. The van der Waals surface area contributed by atoms with Crippen molar-refractivity contribution in [2.45, 2.75) is 31.3 Å². The highest BCUT2D eigenvalue weighted by Gasteiger charge is 2.40. The zero-order valence-corrected chi connectivity index (χ0v) is 15.9. The van der Waals surface area contributed by atoms with Gasteiger partial charge in [-0.3, -0.25) is 5.84 Å². The summed E-state index contributed by atoms with van der Waals surface area (Å²) in [7, 11) is 0. The summed E-state index contributed by atoms with van der Waals surface area (Å²) < 4.78 is 0. The largest absolute Gasteiger partial charge is 0.371 e. The van der Waals surface area contributed by atoms with Crippen molar-refractivity contribution in [3.8, 4) is 0 Å². The summed E-state index contributed by atoms with van der Waals surface area (Å²) in [5.41, 5.74) is 2.63. The molecule has 0 saturated carbocycles. The van der Waals surface area contributed by atoms with Gasteiger partial charge >= 0.3 is 0 Å². The maximum Gasteiger partial charge on any atom is 0.176 e. The molecule has 2 aliphatic heterocycles. The second-order valence-electron chi connectivity index (χ2n) is 7.08. The van der Waals surface area contributed by atoms with Crippen molar-refractivity contribution >= 4 is 28.8 Å². The van der Waals surface area contributed by atoms with Crippen LogP contribution in [0.4, 0.5) is 11.4 Å². The number of nitrogens with zero attached hydrogens (tertiary/aromatic N) is 4. The predicted octanol–water partition coefficient (Wildman–Crippen LogP) is 4.55. The quantitative estimate of drug-likeness (QED) is 0.590. The number of nitrogens with two attached hydrogens (primary N) is 1. The second kappa shape index (κ2) is 7.76. The molecule has 0 aliphatic carbocycles. The number of fused-ring (bicyclic) bond motifs is 1. The van der Waals surface area contributed by atoms with E-state index in [9.17, 15) is 0 Å². The van der Waals surface area contributed by atoms with E-state index in [4.69, 9.17) is 22.4 Å². The monoisotopic (exact) mass is 382 g/mol. The molecule has 1 unspecified atom stereocenters. The maximum absolute atomic E-state index is 6.05. The molecule has 0 bridgehead atoms. The summed E-state index contributed by atoms with van der Waals surface area (Å²) in [5.74, 6) is 6.79. The zero-order chi connectivity index (χ0) is 18.7. The summed E-state index contributed by atoms with van der Waals surface area (Å²) in [6.45, 7) is 2.14. The number of anilines is 1. The Morgan fingerprint density at radius 1 is 1.15 bits per heavy atom. The van der Waals surface area contributed by atoms with Crippen LogP contribution in [-0.2, 0) is 6.54 Å². The highest BCUT2D eigenvalue weighted by atomic mass is 35.5. The molecule has 7 heteroatoms. The number of benzene rings is 2. The Kier molecular flexibility index (Phi) is 5.20. The van der Waals surface area contributed by atoms with Gasteiger partial charge in [-0.2, -0.15) is 5.11 Å². The Bertz CT molecular complexity index is 880. The average Bonchev–Trinajstić information content (AvgIpc) is 2.84. The summed E-state index contributed by atoms with van der Waals surface area (Å²) >= 11 is 6.05. The van der Waals surface area contributed by atoms with E-state index in [1.165, 1.54) is 0 Å². The number of hydrazine groups is 1. The van der Waals surface area contributed by atoms with Crippen molar-refractivity contribution in [3.05, 3.63) is 59.1 Å². The van der Waals surface area contributed by atoms with Gasteiger partial charge in [0, 0.05) is 18.1 Å². The Hall–Kier alpha value is -2.28. The van der Waals surface area contributed by atoms with E-state index in [1.807, 2.05) is 47.5 Å². The van der Waals surface area contributed by atoms with Crippen molar-refractivity contribution < 1.29 is 0 Å². The number of hydrogen-bond acceptors (Lipinski definition) is 6. The van der Waals surface area contributed by atoms with E-state index in [0.717, 1.165) is 55.1 Å². The molecule has 4 rings (SSSR count). The minimum atomic E-state index is -0.333. The average molecular weight is 383 g/mol. The first-order valence-corrected chi connectivity index (χ1v) is 9.60. The number of aliphatic imine (C=N–C) groups is 1. The molecule has 1 spiro atoms. The van der Waals surface area contributed by atoms with E-state index in [0.29, 0.717) is 11.6 Å². The lowest BCUT2D eigenvalue weighted by atomic mass is 9.87. The van der Waals surface area contributed by atoms with Crippen LogP contribution < -0.4 is 11.2 Å². The van der Waals surface area contributed by atoms with Crippen LogP contribution in [0.2, 0.25) is 5.02 Å². The highest BCUT2D eigenvalue weighted by molar-refractivity contribution is 6.30. The molecule has 0 aromatic heterocycles. The molecule has 140 valence electrons. The lowest BCUT2D eigenvalue weighted by molar-refractivity contribution is 0.293. The minimum absolute atomic E-state index is 0.333. The summed E-state index contributed by atoms with van der Waals surface area (Å²) in [4.78, 5) is 4.85.